The van der Waals surface area contributed by atoms with E-state index in [0.29, 0.717) is 30.8 Å². The van der Waals surface area contributed by atoms with Gasteiger partial charge in [0.05, 0.1) is 18.1 Å². The van der Waals surface area contributed by atoms with Crippen molar-refractivity contribution in [2.24, 2.45) is 23.2 Å². The summed E-state index contributed by atoms with van der Waals surface area (Å²) in [6, 6.07) is -0.499. The van der Waals surface area contributed by atoms with Gasteiger partial charge in [-0.3, -0.25) is 9.59 Å². The molecule has 1 spiro atoms. The Balaban J connectivity index is 2.19. The van der Waals surface area contributed by atoms with Gasteiger partial charge >= 0.3 is 0 Å². The Morgan fingerprint density at radius 3 is 2.15 bits per heavy atom. The minimum atomic E-state index is -0.485. The minimum absolute atomic E-state index is 0.0137. The maximum absolute atomic E-state index is 13.8. The number of ether oxygens (including phenoxy) is 1. The van der Waals surface area contributed by atoms with Crippen LogP contribution < -0.4 is 10.6 Å². The molecule has 6 nitrogen and oxygen atoms in total. The molecule has 0 unspecified atom stereocenters. The maximum Gasteiger partial charge on any atom is 0.242 e. The topological polar surface area (TPSA) is 70.7 Å². The molecule has 0 aliphatic carbocycles. The van der Waals surface area contributed by atoms with Gasteiger partial charge in [0.2, 0.25) is 11.8 Å². The summed E-state index contributed by atoms with van der Waals surface area (Å²) in [6.45, 7) is 17.3. The number of piperidine rings is 1. The van der Waals surface area contributed by atoms with E-state index in [1.165, 1.54) is 0 Å². The Morgan fingerprint density at radius 1 is 0.879 bits per heavy atom. The van der Waals surface area contributed by atoms with E-state index in [-0.39, 0.29) is 23.3 Å². The highest BCUT2D eigenvalue weighted by Crippen LogP contribution is 2.38. The highest BCUT2D eigenvalue weighted by molar-refractivity contribution is 5.90. The standard InChI is InChI=1S/C27H51N3O3/c1-20(2)16-23-19-33-15-9-7-8-10-27(11-13-30(14-12-27)18-22(5)6)26(32)29-24(17-21(3)4)25(31)28-23/h20-24H,7-19H2,1-6H3,(H,28,31)(H,29,32)/t23-,24-/m0/s1. The van der Waals surface area contributed by atoms with Gasteiger partial charge in [0.25, 0.3) is 0 Å². The van der Waals surface area contributed by atoms with Crippen molar-refractivity contribution in [2.75, 3.05) is 32.8 Å². The van der Waals surface area contributed by atoms with Gasteiger partial charge in [-0.2, -0.15) is 0 Å². The Bertz CT molecular complexity index is 597. The van der Waals surface area contributed by atoms with E-state index >= 15 is 0 Å². The predicted octanol–water partition coefficient (Wildman–Crippen LogP) is 4.38. The van der Waals surface area contributed by atoms with Crippen molar-refractivity contribution in [1.82, 2.24) is 15.5 Å². The van der Waals surface area contributed by atoms with Crippen LogP contribution in [0.4, 0.5) is 0 Å². The van der Waals surface area contributed by atoms with Gasteiger partial charge in [-0.15, -0.1) is 0 Å². The van der Waals surface area contributed by atoms with Gasteiger partial charge < -0.3 is 20.3 Å². The van der Waals surface area contributed by atoms with Gasteiger partial charge in [0.1, 0.15) is 6.04 Å². The van der Waals surface area contributed by atoms with Crippen LogP contribution in [0, 0.1) is 23.2 Å². The fourth-order valence-electron chi connectivity index (χ4n) is 5.39. The van der Waals surface area contributed by atoms with E-state index in [1.54, 1.807) is 0 Å². The molecule has 2 aliphatic heterocycles. The second-order valence-corrected chi connectivity index (χ2v) is 11.9. The molecule has 2 rings (SSSR count). The Hall–Kier alpha value is -1.14. The molecule has 2 heterocycles. The van der Waals surface area contributed by atoms with E-state index in [4.69, 9.17) is 4.74 Å². The quantitative estimate of drug-likeness (QED) is 0.611. The molecular formula is C27H51N3O3. The monoisotopic (exact) mass is 465 g/mol. The Kier molecular flexibility index (Phi) is 11.6. The number of carbonyl (C=O) groups excluding carboxylic acids is 2. The molecule has 2 amide bonds. The third kappa shape index (κ3) is 9.56. The zero-order chi connectivity index (χ0) is 24.4. The fraction of sp³-hybridized carbons (Fsp3) is 0.926. The average Bonchev–Trinajstić information content (AvgIpc) is 2.72. The third-order valence-electron chi connectivity index (χ3n) is 7.11. The van der Waals surface area contributed by atoms with Gasteiger partial charge in [0.15, 0.2) is 0 Å². The lowest BCUT2D eigenvalue weighted by Gasteiger charge is -2.42. The first-order valence-corrected chi connectivity index (χ1v) is 13.5. The van der Waals surface area contributed by atoms with Crippen LogP contribution in [0.5, 0.6) is 0 Å². The van der Waals surface area contributed by atoms with Crippen molar-refractivity contribution >= 4 is 11.8 Å². The van der Waals surface area contributed by atoms with Gasteiger partial charge in [-0.05, 0) is 69.4 Å². The van der Waals surface area contributed by atoms with Crippen LogP contribution in [0.25, 0.3) is 0 Å². The molecule has 0 radical (unpaired) electrons. The molecule has 2 aliphatic rings. The van der Waals surface area contributed by atoms with Gasteiger partial charge in [-0.1, -0.05) is 54.4 Å². The number of hydrogen-bond donors (Lipinski definition) is 2. The molecule has 6 heteroatoms. The van der Waals surface area contributed by atoms with Crippen LogP contribution in [0.1, 0.15) is 92.9 Å². The van der Waals surface area contributed by atoms with Crippen LogP contribution in [0.3, 0.4) is 0 Å². The summed E-state index contributed by atoms with van der Waals surface area (Å²) < 4.78 is 5.96. The molecule has 2 saturated heterocycles. The molecule has 0 aromatic rings. The Labute approximate surface area is 203 Å². The van der Waals surface area contributed by atoms with Gasteiger partial charge in [-0.25, -0.2) is 0 Å². The van der Waals surface area contributed by atoms with Crippen molar-refractivity contribution in [1.29, 1.82) is 0 Å². The molecule has 33 heavy (non-hydrogen) atoms. The van der Waals surface area contributed by atoms with E-state index in [2.05, 4.69) is 57.1 Å². The minimum Gasteiger partial charge on any atom is -0.379 e. The summed E-state index contributed by atoms with van der Waals surface area (Å²) in [7, 11) is 0. The summed E-state index contributed by atoms with van der Waals surface area (Å²) in [5, 5.41) is 6.44. The van der Waals surface area contributed by atoms with Crippen molar-refractivity contribution < 1.29 is 14.3 Å². The van der Waals surface area contributed by atoms with E-state index in [0.717, 1.165) is 71.2 Å². The highest BCUT2D eigenvalue weighted by atomic mass is 16.5. The summed E-state index contributed by atoms with van der Waals surface area (Å²) >= 11 is 0. The first-order chi connectivity index (χ1) is 15.6. The molecule has 0 aromatic heterocycles. The average molecular weight is 466 g/mol. The fourth-order valence-corrected chi connectivity index (χ4v) is 5.39. The van der Waals surface area contributed by atoms with E-state index in [9.17, 15) is 9.59 Å². The summed E-state index contributed by atoms with van der Waals surface area (Å²) in [5.41, 5.74) is -0.356. The highest BCUT2D eigenvalue weighted by Gasteiger charge is 2.42. The van der Waals surface area contributed by atoms with Crippen molar-refractivity contribution in [3.05, 3.63) is 0 Å². The summed E-state index contributed by atoms with van der Waals surface area (Å²) in [6.07, 6.45) is 7.34. The Morgan fingerprint density at radius 2 is 1.55 bits per heavy atom. The lowest BCUT2D eigenvalue weighted by Crippen LogP contribution is -2.56. The molecule has 0 aromatic carbocycles. The van der Waals surface area contributed by atoms with Crippen molar-refractivity contribution in [3.63, 3.8) is 0 Å². The van der Waals surface area contributed by atoms with Crippen molar-refractivity contribution in [2.45, 2.75) is 105 Å². The van der Waals surface area contributed by atoms with Crippen LogP contribution in [0.2, 0.25) is 0 Å². The summed E-state index contributed by atoms with van der Waals surface area (Å²) in [5.74, 6) is 1.46. The lowest BCUT2D eigenvalue weighted by atomic mass is 9.73. The van der Waals surface area contributed by atoms with Crippen LogP contribution >= 0.6 is 0 Å². The lowest BCUT2D eigenvalue weighted by molar-refractivity contribution is -0.139. The number of rotatable bonds is 6. The SMILES string of the molecule is CC(C)C[C@H]1COCCCCCC2(CCN(CC(C)C)CC2)C(=O)N[C@@H](CC(C)C)C(=O)N1. The van der Waals surface area contributed by atoms with Crippen LogP contribution in [0.15, 0.2) is 0 Å². The van der Waals surface area contributed by atoms with Gasteiger partial charge in [0, 0.05) is 13.2 Å². The smallest absolute Gasteiger partial charge is 0.242 e. The number of carbonyl (C=O) groups is 2. The number of amides is 2. The molecule has 0 bridgehead atoms. The molecule has 2 N–H and O–H groups in total. The van der Waals surface area contributed by atoms with E-state index in [1.807, 2.05) is 0 Å². The third-order valence-corrected chi connectivity index (χ3v) is 7.11. The predicted molar refractivity (Wildman–Crippen MR) is 135 cm³/mol. The summed E-state index contributed by atoms with van der Waals surface area (Å²) in [4.78, 5) is 29.6. The zero-order valence-electron chi connectivity index (χ0n) is 22.3. The normalized spacial score (nSPS) is 26.5. The molecule has 0 saturated carbocycles. The van der Waals surface area contributed by atoms with Crippen LogP contribution in [-0.4, -0.2) is 61.6 Å². The second-order valence-electron chi connectivity index (χ2n) is 11.9. The first-order valence-electron chi connectivity index (χ1n) is 13.5. The van der Waals surface area contributed by atoms with E-state index < -0.39 is 6.04 Å². The largest absolute Gasteiger partial charge is 0.379 e. The molecule has 2 fully saturated rings. The number of nitrogens with one attached hydrogen (secondary N) is 2. The first kappa shape index (κ1) is 28.1. The number of likely N-dealkylation sites (tertiary alicyclic amines) is 1. The molecular weight excluding hydrogens is 414 g/mol. The number of nitrogens with zero attached hydrogens (tertiary/aromatic N) is 1. The maximum atomic E-state index is 13.8. The molecule has 192 valence electrons. The van der Waals surface area contributed by atoms with Crippen LogP contribution in [-0.2, 0) is 14.3 Å². The number of hydrogen-bond acceptors (Lipinski definition) is 4. The molecule has 2 atom stereocenters. The zero-order valence-corrected chi connectivity index (χ0v) is 22.3. The van der Waals surface area contributed by atoms with Crippen molar-refractivity contribution in [3.8, 4) is 0 Å². The second kappa shape index (κ2) is 13.7.